The van der Waals surface area contributed by atoms with Crippen LogP contribution in [0.4, 0.5) is 4.79 Å². The second kappa shape index (κ2) is 10.3. The number of aliphatic carboxylic acids is 1. The Bertz CT molecular complexity index is 1110. The summed E-state index contributed by atoms with van der Waals surface area (Å²) in [6.07, 6.45) is 3.97. The van der Waals surface area contributed by atoms with Crippen molar-refractivity contribution in [3.63, 3.8) is 0 Å². The summed E-state index contributed by atoms with van der Waals surface area (Å²) in [6.45, 7) is 3.80. The van der Waals surface area contributed by atoms with Crippen molar-refractivity contribution in [2.24, 2.45) is 5.92 Å². The lowest BCUT2D eigenvalue weighted by atomic mass is 9.73. The number of fused-ring (bicyclic) bond motifs is 3. The van der Waals surface area contributed by atoms with E-state index in [0.29, 0.717) is 18.4 Å². The Balaban J connectivity index is 1.29. The van der Waals surface area contributed by atoms with Gasteiger partial charge in [0.15, 0.2) is 0 Å². The first-order chi connectivity index (χ1) is 16.8. The van der Waals surface area contributed by atoms with E-state index < -0.39 is 23.5 Å². The highest BCUT2D eigenvalue weighted by Gasteiger charge is 2.42. The summed E-state index contributed by atoms with van der Waals surface area (Å²) in [5, 5.41) is 15.1. The van der Waals surface area contributed by atoms with Gasteiger partial charge in [-0.3, -0.25) is 9.59 Å². The number of carboxylic acid groups (broad SMARTS) is 1. The van der Waals surface area contributed by atoms with Gasteiger partial charge in [-0.15, -0.1) is 0 Å². The number of amides is 2. The second-order valence-corrected chi connectivity index (χ2v) is 9.60. The Kier molecular flexibility index (Phi) is 7.24. The van der Waals surface area contributed by atoms with Crippen LogP contribution in [0, 0.1) is 5.92 Å². The molecule has 3 N–H and O–H groups in total. The largest absolute Gasteiger partial charge is 0.481 e. The van der Waals surface area contributed by atoms with Crippen LogP contribution in [-0.4, -0.2) is 41.8 Å². The first-order valence-electron chi connectivity index (χ1n) is 12.1. The van der Waals surface area contributed by atoms with Crippen molar-refractivity contribution >= 4 is 18.0 Å². The molecule has 2 aliphatic carbocycles. The Morgan fingerprint density at radius 3 is 2.31 bits per heavy atom. The third-order valence-corrected chi connectivity index (χ3v) is 7.26. The Morgan fingerprint density at radius 2 is 1.69 bits per heavy atom. The first-order valence-corrected chi connectivity index (χ1v) is 12.1. The zero-order valence-electron chi connectivity index (χ0n) is 20.2. The van der Waals surface area contributed by atoms with Crippen LogP contribution in [0.25, 0.3) is 11.1 Å². The highest BCUT2D eigenvalue weighted by molar-refractivity contribution is 5.94. The van der Waals surface area contributed by atoms with E-state index in [9.17, 15) is 19.5 Å². The van der Waals surface area contributed by atoms with Gasteiger partial charge in [-0.2, -0.15) is 0 Å². The van der Waals surface area contributed by atoms with Gasteiger partial charge in [-0.1, -0.05) is 67.4 Å². The van der Waals surface area contributed by atoms with Crippen molar-refractivity contribution in [2.45, 2.75) is 51.0 Å². The third kappa shape index (κ3) is 5.24. The van der Waals surface area contributed by atoms with Crippen LogP contribution < -0.4 is 10.6 Å². The van der Waals surface area contributed by atoms with Gasteiger partial charge in [0.25, 0.3) is 0 Å². The molecule has 2 aromatic carbocycles. The lowest BCUT2D eigenvalue weighted by molar-refractivity contribution is -0.146. The van der Waals surface area contributed by atoms with E-state index in [1.807, 2.05) is 24.3 Å². The van der Waals surface area contributed by atoms with Crippen molar-refractivity contribution in [2.75, 3.05) is 13.2 Å². The summed E-state index contributed by atoms with van der Waals surface area (Å²) < 4.78 is 5.51. The van der Waals surface area contributed by atoms with Crippen LogP contribution in [-0.2, 0) is 14.3 Å². The number of nitrogens with one attached hydrogen (secondary N) is 2. The fourth-order valence-electron chi connectivity index (χ4n) is 5.27. The maximum absolute atomic E-state index is 12.7. The molecule has 2 aromatic rings. The zero-order chi connectivity index (χ0) is 25.0. The molecule has 2 aliphatic rings. The van der Waals surface area contributed by atoms with E-state index in [-0.39, 0.29) is 25.0 Å². The lowest BCUT2D eigenvalue weighted by Gasteiger charge is -2.39. The van der Waals surface area contributed by atoms with Gasteiger partial charge >= 0.3 is 12.1 Å². The number of carbonyl (C=O) groups is 3. The van der Waals surface area contributed by atoms with Crippen LogP contribution in [0.2, 0.25) is 0 Å². The Morgan fingerprint density at radius 1 is 1.06 bits per heavy atom. The average molecular weight is 477 g/mol. The summed E-state index contributed by atoms with van der Waals surface area (Å²) in [7, 11) is 0. The maximum Gasteiger partial charge on any atom is 0.407 e. The normalized spacial score (nSPS) is 21.5. The topological polar surface area (TPSA) is 105 Å². The summed E-state index contributed by atoms with van der Waals surface area (Å²) in [4.78, 5) is 36.6. The van der Waals surface area contributed by atoms with Crippen LogP contribution in [0.5, 0.6) is 0 Å². The van der Waals surface area contributed by atoms with Crippen molar-refractivity contribution in [1.82, 2.24) is 10.6 Å². The number of carboxylic acids is 1. The van der Waals surface area contributed by atoms with E-state index >= 15 is 0 Å². The van der Waals surface area contributed by atoms with Gasteiger partial charge in [0, 0.05) is 18.0 Å². The predicted molar refractivity (Wildman–Crippen MR) is 133 cm³/mol. The SMILES string of the molecule is C/C(=C\CNC(=O)OCC1c2ccccc2-c2ccccc21)C(=O)NC1(C)CCCCC1C(=O)O. The highest BCUT2D eigenvalue weighted by Crippen LogP contribution is 2.44. The summed E-state index contributed by atoms with van der Waals surface area (Å²) in [5.41, 5.74) is 4.25. The van der Waals surface area contributed by atoms with Gasteiger partial charge in [0.2, 0.25) is 5.91 Å². The number of rotatable bonds is 7. The quantitative estimate of drug-likeness (QED) is 0.506. The average Bonchev–Trinajstić information content (AvgIpc) is 3.16. The van der Waals surface area contributed by atoms with Crippen LogP contribution in [0.3, 0.4) is 0 Å². The van der Waals surface area contributed by atoms with Gasteiger partial charge in [-0.05, 0) is 48.9 Å². The molecule has 4 rings (SSSR count). The molecule has 0 bridgehead atoms. The molecule has 0 aliphatic heterocycles. The first kappa shape index (κ1) is 24.5. The molecule has 35 heavy (non-hydrogen) atoms. The fourth-order valence-corrected chi connectivity index (χ4v) is 5.27. The Labute approximate surface area is 205 Å². The highest BCUT2D eigenvalue weighted by atomic mass is 16.5. The Hall–Kier alpha value is -3.61. The molecule has 2 amide bonds. The van der Waals surface area contributed by atoms with E-state index in [1.165, 1.54) is 11.1 Å². The molecule has 2 unspecified atom stereocenters. The number of hydrogen-bond donors (Lipinski definition) is 3. The van der Waals surface area contributed by atoms with Crippen molar-refractivity contribution in [3.8, 4) is 11.1 Å². The summed E-state index contributed by atoms with van der Waals surface area (Å²) >= 11 is 0. The third-order valence-electron chi connectivity index (χ3n) is 7.26. The molecule has 0 radical (unpaired) electrons. The number of benzene rings is 2. The van der Waals surface area contributed by atoms with Crippen molar-refractivity contribution in [1.29, 1.82) is 0 Å². The molecule has 0 heterocycles. The van der Waals surface area contributed by atoms with E-state index in [0.717, 1.165) is 24.0 Å². The van der Waals surface area contributed by atoms with Gasteiger partial charge in [-0.25, -0.2) is 4.79 Å². The molecule has 1 saturated carbocycles. The smallest absolute Gasteiger partial charge is 0.407 e. The maximum atomic E-state index is 12.7. The molecule has 7 nitrogen and oxygen atoms in total. The van der Waals surface area contributed by atoms with Crippen LogP contribution >= 0.6 is 0 Å². The molecule has 1 fully saturated rings. The molecular weight excluding hydrogens is 444 g/mol. The minimum absolute atomic E-state index is 0.0189. The summed E-state index contributed by atoms with van der Waals surface area (Å²) in [6, 6.07) is 16.3. The zero-order valence-corrected chi connectivity index (χ0v) is 20.2. The lowest BCUT2D eigenvalue weighted by Crippen LogP contribution is -2.55. The van der Waals surface area contributed by atoms with Gasteiger partial charge in [0.05, 0.1) is 11.5 Å². The number of hydrogen-bond acceptors (Lipinski definition) is 4. The summed E-state index contributed by atoms with van der Waals surface area (Å²) in [5.74, 6) is -1.83. The van der Waals surface area contributed by atoms with Crippen molar-refractivity contribution in [3.05, 3.63) is 71.3 Å². The minimum Gasteiger partial charge on any atom is -0.481 e. The number of carbonyl (C=O) groups excluding carboxylic acids is 2. The fraction of sp³-hybridized carbons (Fsp3) is 0.393. The molecule has 184 valence electrons. The molecule has 0 spiro atoms. The van der Waals surface area contributed by atoms with E-state index in [2.05, 4.69) is 34.9 Å². The molecular formula is C28H32N2O5. The van der Waals surface area contributed by atoms with Crippen LogP contribution in [0.15, 0.2) is 60.2 Å². The molecule has 7 heteroatoms. The van der Waals surface area contributed by atoms with Crippen molar-refractivity contribution < 1.29 is 24.2 Å². The van der Waals surface area contributed by atoms with Gasteiger partial charge in [0.1, 0.15) is 6.61 Å². The monoisotopic (exact) mass is 476 g/mol. The molecule has 0 aromatic heterocycles. The standard InChI is InChI=1S/C28H32N2O5/c1-18(25(31)30-28(2)15-8-7-13-24(28)26(32)33)14-16-29-27(34)35-17-23-21-11-5-3-9-19(21)20-10-4-6-12-22(20)23/h3-6,9-12,14,23-24H,7-8,13,15-17H2,1-2H3,(H,29,34)(H,30,31)(H,32,33)/b18-14+. The molecule has 2 atom stereocenters. The van der Waals surface area contributed by atoms with Gasteiger partial charge < -0.3 is 20.5 Å². The number of alkyl carbamates (subject to hydrolysis) is 1. The van der Waals surface area contributed by atoms with E-state index in [4.69, 9.17) is 4.74 Å². The number of ether oxygens (including phenoxy) is 1. The van der Waals surface area contributed by atoms with Crippen LogP contribution in [0.1, 0.15) is 56.6 Å². The predicted octanol–water partition coefficient (Wildman–Crippen LogP) is 4.62. The second-order valence-electron chi connectivity index (χ2n) is 9.60. The molecule has 0 saturated heterocycles. The minimum atomic E-state index is -0.883. The van der Waals surface area contributed by atoms with E-state index in [1.54, 1.807) is 19.9 Å².